The fourth-order valence-electron chi connectivity index (χ4n) is 2.93. The van der Waals surface area contributed by atoms with Crippen LogP contribution in [0.15, 0.2) is 30.3 Å². The van der Waals surface area contributed by atoms with Gasteiger partial charge in [-0.05, 0) is 18.5 Å². The number of halogens is 5. The van der Waals surface area contributed by atoms with Crippen molar-refractivity contribution in [3.63, 3.8) is 0 Å². The van der Waals surface area contributed by atoms with Gasteiger partial charge in [-0.25, -0.2) is 18.3 Å². The predicted molar refractivity (Wildman–Crippen MR) is 98.9 cm³/mol. The minimum atomic E-state index is -5.08. The molecule has 9 nitrogen and oxygen atoms in total. The maximum atomic E-state index is 13.5. The molecule has 1 aliphatic heterocycles. The zero-order chi connectivity index (χ0) is 23.9. The van der Waals surface area contributed by atoms with Gasteiger partial charge in [0.05, 0.1) is 18.7 Å². The van der Waals surface area contributed by atoms with Crippen molar-refractivity contribution < 1.29 is 41.8 Å². The molecule has 176 valence electrons. The van der Waals surface area contributed by atoms with Crippen molar-refractivity contribution in [2.45, 2.75) is 31.1 Å². The molecule has 2 atom stereocenters. The molecule has 0 bridgehead atoms. The zero-order valence-corrected chi connectivity index (χ0v) is 16.4. The molecule has 1 fully saturated rings. The van der Waals surface area contributed by atoms with Crippen LogP contribution >= 0.6 is 0 Å². The van der Waals surface area contributed by atoms with E-state index in [1.807, 2.05) is 0 Å². The maximum absolute atomic E-state index is 13.5. The van der Waals surface area contributed by atoms with Crippen molar-refractivity contribution in [3.8, 4) is 0 Å². The van der Waals surface area contributed by atoms with Gasteiger partial charge in [0.25, 0.3) is 12.3 Å². The number of carbonyl (C=O) groups is 2. The number of hydrogen-bond donors (Lipinski definition) is 4. The number of nitrogens with zero attached hydrogens (tertiary/aromatic N) is 3. The molecular weight excluding hydrogens is 445 g/mol. The van der Waals surface area contributed by atoms with E-state index in [1.165, 1.54) is 0 Å². The lowest BCUT2D eigenvalue weighted by molar-refractivity contribution is -0.192. The van der Waals surface area contributed by atoms with Crippen molar-refractivity contribution in [2.24, 2.45) is 0 Å². The monoisotopic (exact) mass is 465 g/mol. The highest BCUT2D eigenvalue weighted by Crippen LogP contribution is 2.27. The molecular formula is C18H20F5N5O4. The maximum Gasteiger partial charge on any atom is 0.490 e. The van der Waals surface area contributed by atoms with Crippen LogP contribution in [0.5, 0.6) is 0 Å². The molecule has 1 aromatic heterocycles. The van der Waals surface area contributed by atoms with Crippen molar-refractivity contribution in [1.29, 1.82) is 0 Å². The number of nitrogens with one attached hydrogen (secondary N) is 2. The molecule has 3 rings (SSSR count). The average Bonchev–Trinajstić information content (AvgIpc) is 3.41. The van der Waals surface area contributed by atoms with E-state index in [0.717, 1.165) is 4.68 Å². The summed E-state index contributed by atoms with van der Waals surface area (Å²) in [5.41, 5.74) is -0.225. The Bertz CT molecular complexity index is 901. The first-order valence-electron chi connectivity index (χ1n) is 9.27. The number of carboxylic acids is 1. The van der Waals surface area contributed by atoms with Gasteiger partial charge >= 0.3 is 12.1 Å². The number of carbonyl (C=O) groups excluding carboxylic acids is 1. The molecule has 1 amide bonds. The minimum Gasteiger partial charge on any atom is -0.475 e. The number of aliphatic hydroxyl groups excluding tert-OH is 1. The summed E-state index contributed by atoms with van der Waals surface area (Å²) in [6.45, 7) is 0.850. The molecule has 2 heterocycles. The SMILES string of the molecule is O=C(N[C@@H](CO)c1ccccc1)c1nnn(C2CCNC2)c1C(F)F.O=C(O)C(F)(F)F. The highest BCUT2D eigenvalue weighted by molar-refractivity contribution is 5.93. The number of aliphatic carboxylic acids is 1. The van der Waals surface area contributed by atoms with Crippen LogP contribution in [0.1, 0.15) is 46.7 Å². The lowest BCUT2D eigenvalue weighted by atomic mass is 10.1. The first-order chi connectivity index (χ1) is 15.1. The lowest BCUT2D eigenvalue weighted by Gasteiger charge is -2.17. The second kappa shape index (κ2) is 10.9. The number of rotatable bonds is 6. The third-order valence-electron chi connectivity index (χ3n) is 4.46. The molecule has 0 saturated carbocycles. The van der Waals surface area contributed by atoms with E-state index in [9.17, 15) is 31.9 Å². The van der Waals surface area contributed by atoms with Crippen LogP contribution < -0.4 is 10.6 Å². The summed E-state index contributed by atoms with van der Waals surface area (Å²) in [5.74, 6) is -3.54. The summed E-state index contributed by atoms with van der Waals surface area (Å²) in [5, 5.41) is 29.7. The summed E-state index contributed by atoms with van der Waals surface area (Å²) < 4.78 is 59.9. The molecule has 0 spiro atoms. The van der Waals surface area contributed by atoms with Gasteiger partial charge in [0.2, 0.25) is 0 Å². The topological polar surface area (TPSA) is 129 Å². The van der Waals surface area contributed by atoms with Gasteiger partial charge in [0.1, 0.15) is 5.69 Å². The highest BCUT2D eigenvalue weighted by Gasteiger charge is 2.38. The molecule has 2 aromatic rings. The van der Waals surface area contributed by atoms with Crippen molar-refractivity contribution in [2.75, 3.05) is 19.7 Å². The summed E-state index contributed by atoms with van der Waals surface area (Å²) in [7, 11) is 0. The first-order valence-corrected chi connectivity index (χ1v) is 9.27. The number of aromatic nitrogens is 3. The molecule has 0 aliphatic carbocycles. The summed E-state index contributed by atoms with van der Waals surface area (Å²) >= 11 is 0. The average molecular weight is 465 g/mol. The summed E-state index contributed by atoms with van der Waals surface area (Å²) in [6, 6.07) is 7.83. The Balaban J connectivity index is 0.000000451. The second-order valence-electron chi connectivity index (χ2n) is 6.64. The predicted octanol–water partition coefficient (Wildman–Crippen LogP) is 1.85. The molecule has 1 saturated heterocycles. The Labute approximate surface area is 178 Å². The van der Waals surface area contributed by atoms with Gasteiger partial charge in [-0.3, -0.25) is 4.79 Å². The van der Waals surface area contributed by atoms with Crippen LogP contribution in [0, 0.1) is 0 Å². The lowest BCUT2D eigenvalue weighted by Crippen LogP contribution is -2.32. The van der Waals surface area contributed by atoms with Gasteiger partial charge in [0, 0.05) is 6.54 Å². The fourth-order valence-corrected chi connectivity index (χ4v) is 2.93. The standard InChI is InChI=1S/C16H19F2N5O2.C2HF3O2/c17-15(18)14-13(21-22-23(14)11-6-7-19-8-11)16(25)20-12(9-24)10-4-2-1-3-5-10;3-2(4,5)1(6)7/h1-5,11-12,15,19,24H,6-9H2,(H,20,25);(H,6,7)/t11?,12-;/m0./s1. The third-order valence-corrected chi connectivity index (χ3v) is 4.46. The van der Waals surface area contributed by atoms with Crippen LogP contribution in [-0.4, -0.2) is 63.0 Å². The Morgan fingerprint density at radius 2 is 1.88 bits per heavy atom. The largest absolute Gasteiger partial charge is 0.490 e. The van der Waals surface area contributed by atoms with E-state index >= 15 is 0 Å². The van der Waals surface area contributed by atoms with Crippen LogP contribution in [-0.2, 0) is 4.79 Å². The van der Waals surface area contributed by atoms with Crippen LogP contribution in [0.4, 0.5) is 22.0 Å². The van der Waals surface area contributed by atoms with E-state index in [4.69, 9.17) is 9.90 Å². The first kappa shape index (κ1) is 25.1. The van der Waals surface area contributed by atoms with E-state index in [-0.39, 0.29) is 12.6 Å². The van der Waals surface area contributed by atoms with Crippen LogP contribution in [0.2, 0.25) is 0 Å². The quantitative estimate of drug-likeness (QED) is 0.479. The van der Waals surface area contributed by atoms with E-state index < -0.39 is 41.9 Å². The number of hydrogen-bond acceptors (Lipinski definition) is 6. The molecule has 1 unspecified atom stereocenters. The normalized spacial score (nSPS) is 16.9. The Morgan fingerprint density at radius 1 is 1.25 bits per heavy atom. The molecule has 32 heavy (non-hydrogen) atoms. The van der Waals surface area contributed by atoms with Gasteiger partial charge in [-0.2, -0.15) is 13.2 Å². The van der Waals surface area contributed by atoms with Gasteiger partial charge in [-0.15, -0.1) is 5.10 Å². The van der Waals surface area contributed by atoms with E-state index in [1.54, 1.807) is 30.3 Å². The van der Waals surface area contributed by atoms with Crippen molar-refractivity contribution in [1.82, 2.24) is 25.6 Å². The molecule has 1 aliphatic rings. The van der Waals surface area contributed by atoms with Gasteiger partial charge in [-0.1, -0.05) is 35.5 Å². The Hall–Kier alpha value is -3.13. The molecule has 4 N–H and O–H groups in total. The second-order valence-corrected chi connectivity index (χ2v) is 6.64. The molecule has 14 heteroatoms. The Kier molecular flexibility index (Phi) is 8.60. The zero-order valence-electron chi connectivity index (χ0n) is 16.4. The fraction of sp³-hybridized carbons (Fsp3) is 0.444. The number of carboxylic acid groups (broad SMARTS) is 1. The van der Waals surface area contributed by atoms with Gasteiger partial charge in [0.15, 0.2) is 5.69 Å². The van der Waals surface area contributed by atoms with Gasteiger partial charge < -0.3 is 20.8 Å². The smallest absolute Gasteiger partial charge is 0.475 e. The van der Waals surface area contributed by atoms with Crippen LogP contribution in [0.25, 0.3) is 0 Å². The minimum absolute atomic E-state index is 0.249. The van der Waals surface area contributed by atoms with E-state index in [2.05, 4.69) is 20.9 Å². The third kappa shape index (κ3) is 6.43. The number of amides is 1. The number of alkyl halides is 5. The number of benzene rings is 1. The van der Waals surface area contributed by atoms with E-state index in [0.29, 0.717) is 25.1 Å². The summed E-state index contributed by atoms with van der Waals surface area (Å²) in [4.78, 5) is 21.3. The van der Waals surface area contributed by atoms with Crippen molar-refractivity contribution in [3.05, 3.63) is 47.3 Å². The summed E-state index contributed by atoms with van der Waals surface area (Å²) in [6.07, 6.45) is -7.31. The number of aliphatic hydroxyl groups is 1. The molecule has 1 aromatic carbocycles. The van der Waals surface area contributed by atoms with Crippen LogP contribution in [0.3, 0.4) is 0 Å². The highest BCUT2D eigenvalue weighted by atomic mass is 19.4. The van der Waals surface area contributed by atoms with Crippen molar-refractivity contribution >= 4 is 11.9 Å². The molecule has 0 radical (unpaired) electrons. The Morgan fingerprint density at radius 3 is 2.34 bits per heavy atom.